The highest BCUT2D eigenvalue weighted by molar-refractivity contribution is 7.89. The summed E-state index contributed by atoms with van der Waals surface area (Å²) in [6.45, 7) is 1.88. The number of hydrogen-bond acceptors (Lipinski definition) is 7. The van der Waals surface area contributed by atoms with Gasteiger partial charge >= 0.3 is 0 Å². The van der Waals surface area contributed by atoms with Crippen LogP contribution in [0.25, 0.3) is 0 Å². The van der Waals surface area contributed by atoms with Crippen LogP contribution in [0, 0.1) is 10.1 Å². The molecule has 1 aromatic rings. The first-order chi connectivity index (χ1) is 13.8. The highest BCUT2D eigenvalue weighted by Crippen LogP contribution is 2.27. The number of likely N-dealkylation sites (N-methyl/N-ethyl adjacent to an activating group) is 1. The Morgan fingerprint density at radius 3 is 2.59 bits per heavy atom. The lowest BCUT2D eigenvalue weighted by atomic mass is 9.98. The molecule has 0 aromatic heterocycles. The fraction of sp³-hybridized carbons (Fsp3) is 0.684. The van der Waals surface area contributed by atoms with Crippen LogP contribution in [0.2, 0.25) is 0 Å². The lowest BCUT2D eigenvalue weighted by Crippen LogP contribution is -2.31. The largest absolute Gasteiger partial charge is 0.379 e. The first-order valence-electron chi connectivity index (χ1n) is 10.1. The Kier molecular flexibility index (Phi) is 9.28. The molecular formula is C19H32N4O5S. The van der Waals surface area contributed by atoms with Gasteiger partial charge in [0.15, 0.2) is 0 Å². The Morgan fingerprint density at radius 1 is 1.21 bits per heavy atom. The van der Waals surface area contributed by atoms with E-state index < -0.39 is 14.9 Å². The second-order valence-corrected chi connectivity index (χ2v) is 9.32. The maximum absolute atomic E-state index is 12.4. The first-order valence-corrected chi connectivity index (χ1v) is 11.6. The number of anilines is 1. The summed E-state index contributed by atoms with van der Waals surface area (Å²) >= 11 is 0. The molecule has 0 radical (unpaired) electrons. The van der Waals surface area contributed by atoms with Crippen molar-refractivity contribution in [3.8, 4) is 0 Å². The van der Waals surface area contributed by atoms with Crippen LogP contribution in [0.5, 0.6) is 0 Å². The van der Waals surface area contributed by atoms with Gasteiger partial charge < -0.3 is 15.0 Å². The van der Waals surface area contributed by atoms with Gasteiger partial charge in [-0.15, -0.1) is 0 Å². The van der Waals surface area contributed by atoms with Crippen LogP contribution in [-0.2, 0) is 14.8 Å². The van der Waals surface area contributed by atoms with Crippen molar-refractivity contribution in [3.63, 3.8) is 0 Å². The Morgan fingerprint density at radius 2 is 1.93 bits per heavy atom. The predicted molar refractivity (Wildman–Crippen MR) is 113 cm³/mol. The van der Waals surface area contributed by atoms with Crippen LogP contribution >= 0.6 is 0 Å². The number of ether oxygens (including phenoxy) is 1. The van der Waals surface area contributed by atoms with Crippen molar-refractivity contribution < 1.29 is 18.1 Å². The van der Waals surface area contributed by atoms with Crippen LogP contribution in [0.4, 0.5) is 11.4 Å². The number of nitro groups is 1. The molecular weight excluding hydrogens is 396 g/mol. The van der Waals surface area contributed by atoms with Gasteiger partial charge in [-0.1, -0.05) is 19.3 Å². The Balaban J connectivity index is 1.90. The summed E-state index contributed by atoms with van der Waals surface area (Å²) in [6.07, 6.45) is 6.99. The van der Waals surface area contributed by atoms with E-state index >= 15 is 0 Å². The molecule has 0 amide bonds. The van der Waals surface area contributed by atoms with Crippen LogP contribution in [0.1, 0.15) is 38.5 Å². The van der Waals surface area contributed by atoms with E-state index in [4.69, 9.17) is 4.74 Å². The summed E-state index contributed by atoms with van der Waals surface area (Å²) in [5.74, 6) is 0. The quantitative estimate of drug-likeness (QED) is 0.299. The Labute approximate surface area is 173 Å². The topological polar surface area (TPSA) is 114 Å². The van der Waals surface area contributed by atoms with Crippen LogP contribution in [0.15, 0.2) is 23.1 Å². The molecule has 1 saturated carbocycles. The number of nitrogens with zero attached hydrogens (tertiary/aromatic N) is 2. The molecule has 9 nitrogen and oxygen atoms in total. The molecule has 1 aliphatic carbocycles. The Bertz CT molecular complexity index is 764. The van der Waals surface area contributed by atoms with E-state index in [0.29, 0.717) is 31.5 Å². The van der Waals surface area contributed by atoms with Gasteiger partial charge in [-0.25, -0.2) is 13.1 Å². The summed E-state index contributed by atoms with van der Waals surface area (Å²) < 4.78 is 33.0. The van der Waals surface area contributed by atoms with Gasteiger partial charge in [0.25, 0.3) is 5.69 Å². The third-order valence-electron chi connectivity index (χ3n) is 4.87. The maximum Gasteiger partial charge on any atom is 0.293 e. The fourth-order valence-corrected chi connectivity index (χ4v) is 4.28. The van der Waals surface area contributed by atoms with Gasteiger partial charge in [-0.05, 0) is 45.5 Å². The predicted octanol–water partition coefficient (Wildman–Crippen LogP) is 2.59. The zero-order chi connectivity index (χ0) is 21.3. The lowest BCUT2D eigenvalue weighted by Gasteiger charge is -2.22. The molecule has 2 rings (SSSR count). The molecule has 2 N–H and O–H groups in total. The molecule has 0 atom stereocenters. The third-order valence-corrected chi connectivity index (χ3v) is 6.33. The van der Waals surface area contributed by atoms with Crippen LogP contribution in [0.3, 0.4) is 0 Å². The minimum absolute atomic E-state index is 0.117. The van der Waals surface area contributed by atoms with E-state index in [1.807, 2.05) is 19.0 Å². The van der Waals surface area contributed by atoms with Crippen molar-refractivity contribution in [2.24, 2.45) is 0 Å². The highest BCUT2D eigenvalue weighted by Gasteiger charge is 2.21. The van der Waals surface area contributed by atoms with Crippen molar-refractivity contribution >= 4 is 21.4 Å². The average molecular weight is 429 g/mol. The summed E-state index contributed by atoms with van der Waals surface area (Å²) in [5, 5.41) is 14.4. The number of nitrogens with one attached hydrogen (secondary N) is 2. The molecule has 0 unspecified atom stereocenters. The van der Waals surface area contributed by atoms with E-state index in [9.17, 15) is 18.5 Å². The molecule has 0 saturated heterocycles. The van der Waals surface area contributed by atoms with Crippen LogP contribution < -0.4 is 10.0 Å². The van der Waals surface area contributed by atoms with Crippen molar-refractivity contribution in [2.45, 2.75) is 49.5 Å². The number of hydrogen-bond donors (Lipinski definition) is 2. The van der Waals surface area contributed by atoms with Gasteiger partial charge in [0.05, 0.1) is 15.9 Å². The number of nitro benzene ring substituents is 1. The number of benzene rings is 1. The molecule has 1 aromatic carbocycles. The molecule has 10 heteroatoms. The average Bonchev–Trinajstić information content (AvgIpc) is 2.68. The molecule has 1 aliphatic rings. The summed E-state index contributed by atoms with van der Waals surface area (Å²) in [4.78, 5) is 12.6. The number of sulfonamides is 1. The highest BCUT2D eigenvalue weighted by atomic mass is 32.2. The molecule has 0 heterocycles. The van der Waals surface area contributed by atoms with Gasteiger partial charge in [0, 0.05) is 32.3 Å². The van der Waals surface area contributed by atoms with Gasteiger partial charge in [-0.2, -0.15) is 0 Å². The summed E-state index contributed by atoms with van der Waals surface area (Å²) in [6, 6.07) is 3.92. The van der Waals surface area contributed by atoms with E-state index in [1.54, 1.807) is 0 Å². The first kappa shape index (κ1) is 23.5. The molecule has 0 bridgehead atoms. The molecule has 29 heavy (non-hydrogen) atoms. The van der Waals surface area contributed by atoms with E-state index in [2.05, 4.69) is 10.0 Å². The third kappa shape index (κ3) is 7.88. The Hall–Kier alpha value is -1.75. The fourth-order valence-electron chi connectivity index (χ4n) is 3.24. The normalized spacial score (nSPS) is 15.6. The molecule has 164 valence electrons. The summed E-state index contributed by atoms with van der Waals surface area (Å²) in [5.41, 5.74) is 0.0496. The second kappa shape index (κ2) is 11.4. The lowest BCUT2D eigenvalue weighted by molar-refractivity contribution is -0.384. The summed E-state index contributed by atoms with van der Waals surface area (Å²) in [7, 11) is -0.133. The van der Waals surface area contributed by atoms with Gasteiger partial charge in [0.1, 0.15) is 5.69 Å². The monoisotopic (exact) mass is 428 g/mol. The molecule has 0 spiro atoms. The van der Waals surface area contributed by atoms with E-state index in [-0.39, 0.29) is 17.1 Å². The van der Waals surface area contributed by atoms with Gasteiger partial charge in [0.2, 0.25) is 10.0 Å². The zero-order valence-electron chi connectivity index (χ0n) is 17.2. The maximum atomic E-state index is 12.4. The van der Waals surface area contributed by atoms with Crippen molar-refractivity contribution in [3.05, 3.63) is 28.3 Å². The second-order valence-electron chi connectivity index (χ2n) is 7.55. The van der Waals surface area contributed by atoms with Gasteiger partial charge in [-0.3, -0.25) is 10.1 Å². The molecule has 1 fully saturated rings. The standard InChI is InChI=1S/C19H32N4O5S/c1-22(2)13-12-21-29(26,27)17-9-10-18(19(15-17)23(24)25)20-11-6-14-28-16-7-4-3-5-8-16/h9-10,15-16,20-21H,3-8,11-14H2,1-2H3. The minimum atomic E-state index is -3.80. The van der Waals surface area contributed by atoms with Crippen molar-refractivity contribution in [1.82, 2.24) is 9.62 Å². The minimum Gasteiger partial charge on any atom is -0.379 e. The smallest absolute Gasteiger partial charge is 0.293 e. The van der Waals surface area contributed by atoms with E-state index in [1.165, 1.54) is 31.4 Å². The molecule has 0 aliphatic heterocycles. The van der Waals surface area contributed by atoms with Crippen LogP contribution in [-0.4, -0.2) is 64.7 Å². The van der Waals surface area contributed by atoms with E-state index in [0.717, 1.165) is 25.3 Å². The number of rotatable bonds is 12. The zero-order valence-corrected chi connectivity index (χ0v) is 18.0. The SMILES string of the molecule is CN(C)CCNS(=O)(=O)c1ccc(NCCCOC2CCCCC2)c([N+](=O)[O-])c1. The van der Waals surface area contributed by atoms with Crippen molar-refractivity contribution in [1.29, 1.82) is 0 Å². The van der Waals surface area contributed by atoms with Crippen molar-refractivity contribution in [2.75, 3.05) is 45.7 Å².